The first kappa shape index (κ1) is 15.3. The van der Waals surface area contributed by atoms with Crippen LogP contribution in [-0.4, -0.2) is 31.1 Å². The van der Waals surface area contributed by atoms with Gasteiger partial charge in [-0.05, 0) is 30.2 Å². The number of hydrogen-bond acceptors (Lipinski definition) is 3. The molecule has 21 heavy (non-hydrogen) atoms. The second kappa shape index (κ2) is 6.58. The van der Waals surface area contributed by atoms with Crippen molar-refractivity contribution < 1.29 is 9.59 Å². The topological polar surface area (TPSA) is 87.5 Å². The normalized spacial score (nSPS) is 17.3. The molecule has 2 unspecified atom stereocenters. The van der Waals surface area contributed by atoms with Gasteiger partial charge in [0.25, 0.3) is 0 Å². The van der Waals surface area contributed by atoms with Crippen LogP contribution in [0, 0.1) is 5.92 Å². The summed E-state index contributed by atoms with van der Waals surface area (Å²) >= 11 is 0. The number of nitrogens with zero attached hydrogens (tertiary/aromatic N) is 1. The number of rotatable bonds is 5. The third-order valence-corrected chi connectivity index (χ3v) is 3.86. The van der Waals surface area contributed by atoms with Crippen LogP contribution in [0.4, 0.5) is 16.2 Å². The highest BCUT2D eigenvalue weighted by atomic mass is 16.2. The van der Waals surface area contributed by atoms with Crippen molar-refractivity contribution >= 4 is 23.3 Å². The largest absolute Gasteiger partial charge is 0.336 e. The second-order valence-electron chi connectivity index (χ2n) is 5.33. The van der Waals surface area contributed by atoms with Gasteiger partial charge in [0, 0.05) is 24.5 Å². The fourth-order valence-corrected chi connectivity index (χ4v) is 2.18. The summed E-state index contributed by atoms with van der Waals surface area (Å²) in [7, 11) is 0. The number of carbonyl (C=O) groups excluding carboxylic acids is 2. The molecular weight excluding hydrogens is 268 g/mol. The van der Waals surface area contributed by atoms with Crippen LogP contribution in [0.1, 0.15) is 20.3 Å². The summed E-state index contributed by atoms with van der Waals surface area (Å²) in [5.74, 6) is -0.0476. The Bertz CT molecular complexity index is 515. The summed E-state index contributed by atoms with van der Waals surface area (Å²) < 4.78 is 0. The van der Waals surface area contributed by atoms with E-state index in [2.05, 4.69) is 10.6 Å². The Morgan fingerprint density at radius 1 is 1.43 bits per heavy atom. The molecule has 0 radical (unpaired) electrons. The quantitative estimate of drug-likeness (QED) is 0.768. The minimum Gasteiger partial charge on any atom is -0.336 e. The number of nitrogens with two attached hydrogens (primary N) is 1. The average Bonchev–Trinajstić information content (AvgIpc) is 2.92. The zero-order valence-corrected chi connectivity index (χ0v) is 12.4. The minimum atomic E-state index is -0.515. The molecule has 1 fully saturated rings. The number of nitrogens with one attached hydrogen (secondary N) is 2. The summed E-state index contributed by atoms with van der Waals surface area (Å²) in [4.78, 5) is 25.2. The third kappa shape index (κ3) is 3.52. The molecule has 1 aromatic rings. The van der Waals surface area contributed by atoms with Crippen LogP contribution in [0.25, 0.3) is 0 Å². The maximum atomic E-state index is 12.0. The molecule has 1 saturated heterocycles. The number of carbonyl (C=O) groups is 2. The van der Waals surface area contributed by atoms with Gasteiger partial charge >= 0.3 is 6.03 Å². The number of hydrogen-bond donors (Lipinski definition) is 3. The van der Waals surface area contributed by atoms with E-state index in [0.29, 0.717) is 18.8 Å². The summed E-state index contributed by atoms with van der Waals surface area (Å²) in [5.41, 5.74) is 7.39. The highest BCUT2D eigenvalue weighted by molar-refractivity contribution is 5.96. The lowest BCUT2D eigenvalue weighted by Gasteiger charge is -2.18. The first-order chi connectivity index (χ1) is 10.0. The van der Waals surface area contributed by atoms with E-state index in [1.807, 2.05) is 26.0 Å². The zero-order valence-electron chi connectivity index (χ0n) is 12.4. The summed E-state index contributed by atoms with van der Waals surface area (Å²) in [6.07, 6.45) is 0.859. The van der Waals surface area contributed by atoms with Crippen molar-refractivity contribution in [2.75, 3.05) is 23.3 Å². The Morgan fingerprint density at radius 2 is 2.10 bits per heavy atom. The van der Waals surface area contributed by atoms with Crippen LogP contribution in [0.5, 0.6) is 0 Å². The van der Waals surface area contributed by atoms with Gasteiger partial charge in [-0.15, -0.1) is 0 Å². The predicted molar refractivity (Wildman–Crippen MR) is 83.2 cm³/mol. The molecule has 6 heteroatoms. The van der Waals surface area contributed by atoms with Gasteiger partial charge < -0.3 is 16.4 Å². The number of urea groups is 1. The van der Waals surface area contributed by atoms with E-state index >= 15 is 0 Å². The van der Waals surface area contributed by atoms with Gasteiger partial charge in [-0.3, -0.25) is 9.69 Å². The van der Waals surface area contributed by atoms with Gasteiger partial charge in [-0.25, -0.2) is 4.79 Å². The lowest BCUT2D eigenvalue weighted by molar-refractivity contribution is -0.118. The van der Waals surface area contributed by atoms with E-state index in [9.17, 15) is 9.59 Å². The Labute approximate surface area is 124 Å². The van der Waals surface area contributed by atoms with Crippen LogP contribution in [-0.2, 0) is 4.79 Å². The van der Waals surface area contributed by atoms with Gasteiger partial charge in [0.2, 0.25) is 5.91 Å². The fourth-order valence-electron chi connectivity index (χ4n) is 2.18. The average molecular weight is 290 g/mol. The molecule has 2 atom stereocenters. The minimum absolute atomic E-state index is 0.0921. The van der Waals surface area contributed by atoms with Crippen LogP contribution >= 0.6 is 0 Å². The molecule has 3 amide bonds. The summed E-state index contributed by atoms with van der Waals surface area (Å²) in [6.45, 7) is 5.28. The molecule has 6 nitrogen and oxygen atoms in total. The van der Waals surface area contributed by atoms with Gasteiger partial charge in [0.05, 0.1) is 6.04 Å². The third-order valence-electron chi connectivity index (χ3n) is 3.86. The summed E-state index contributed by atoms with van der Waals surface area (Å²) in [6, 6.07) is 6.58. The van der Waals surface area contributed by atoms with Crippen molar-refractivity contribution in [1.82, 2.24) is 5.32 Å². The van der Waals surface area contributed by atoms with Crippen LogP contribution in [0.3, 0.4) is 0 Å². The van der Waals surface area contributed by atoms with E-state index in [0.717, 1.165) is 12.1 Å². The van der Waals surface area contributed by atoms with E-state index < -0.39 is 6.04 Å². The van der Waals surface area contributed by atoms with Crippen LogP contribution in [0.2, 0.25) is 0 Å². The number of anilines is 2. The Kier molecular flexibility index (Phi) is 4.80. The van der Waals surface area contributed by atoms with E-state index in [1.165, 1.54) is 0 Å². The van der Waals surface area contributed by atoms with Crippen molar-refractivity contribution in [3.63, 3.8) is 0 Å². The highest BCUT2D eigenvalue weighted by Crippen LogP contribution is 2.20. The molecular formula is C15H22N4O2. The Balaban J connectivity index is 1.99. The van der Waals surface area contributed by atoms with Gasteiger partial charge in [-0.1, -0.05) is 20.3 Å². The first-order valence-electron chi connectivity index (χ1n) is 7.24. The number of benzene rings is 1. The molecule has 0 aromatic heterocycles. The molecule has 4 N–H and O–H groups in total. The van der Waals surface area contributed by atoms with E-state index in [1.54, 1.807) is 17.0 Å². The van der Waals surface area contributed by atoms with Crippen molar-refractivity contribution in [2.24, 2.45) is 11.7 Å². The van der Waals surface area contributed by atoms with Crippen LogP contribution in [0.15, 0.2) is 24.3 Å². The summed E-state index contributed by atoms with van der Waals surface area (Å²) in [5, 5.41) is 5.55. The molecule has 0 bridgehead atoms. The molecule has 0 spiro atoms. The molecule has 1 aliphatic rings. The first-order valence-corrected chi connectivity index (χ1v) is 7.24. The van der Waals surface area contributed by atoms with Crippen molar-refractivity contribution in [2.45, 2.75) is 26.3 Å². The molecule has 114 valence electrons. The number of amides is 3. The molecule has 1 aliphatic heterocycles. The van der Waals surface area contributed by atoms with Crippen molar-refractivity contribution in [3.05, 3.63) is 24.3 Å². The van der Waals surface area contributed by atoms with Crippen molar-refractivity contribution in [3.8, 4) is 0 Å². The van der Waals surface area contributed by atoms with Crippen molar-refractivity contribution in [1.29, 1.82) is 0 Å². The molecule has 2 rings (SSSR count). The zero-order chi connectivity index (χ0) is 15.4. The molecule has 1 aromatic carbocycles. The lowest BCUT2D eigenvalue weighted by atomic mass is 9.99. The van der Waals surface area contributed by atoms with Gasteiger partial charge in [-0.2, -0.15) is 0 Å². The standard InChI is InChI=1S/C15H22N4O2/c1-3-10(2)13(16)14(20)18-11-4-6-12(7-5-11)19-9-8-17-15(19)21/h4-7,10,13H,3,8-9,16H2,1-2H3,(H,17,21)(H,18,20). The maximum Gasteiger partial charge on any atom is 0.321 e. The SMILES string of the molecule is CCC(C)C(N)C(=O)Nc1ccc(N2CCNC2=O)cc1. The lowest BCUT2D eigenvalue weighted by Crippen LogP contribution is -2.40. The second-order valence-corrected chi connectivity index (χ2v) is 5.33. The predicted octanol–water partition coefficient (Wildman–Crippen LogP) is 1.53. The molecule has 1 heterocycles. The fraction of sp³-hybridized carbons (Fsp3) is 0.467. The van der Waals surface area contributed by atoms with Gasteiger partial charge in [0.1, 0.15) is 0 Å². The Morgan fingerprint density at radius 3 is 2.62 bits per heavy atom. The van der Waals surface area contributed by atoms with E-state index in [-0.39, 0.29) is 17.9 Å². The Hall–Kier alpha value is -2.08. The van der Waals surface area contributed by atoms with Crippen LogP contribution < -0.4 is 21.3 Å². The maximum absolute atomic E-state index is 12.0. The molecule has 0 aliphatic carbocycles. The smallest absolute Gasteiger partial charge is 0.321 e. The molecule has 0 saturated carbocycles. The van der Waals surface area contributed by atoms with Gasteiger partial charge in [0.15, 0.2) is 0 Å². The highest BCUT2D eigenvalue weighted by Gasteiger charge is 2.22. The van der Waals surface area contributed by atoms with E-state index in [4.69, 9.17) is 5.73 Å². The monoisotopic (exact) mass is 290 g/mol.